The second kappa shape index (κ2) is 4.96. The Morgan fingerprint density at radius 3 is 2.30 bits per heavy atom. The molecule has 0 saturated heterocycles. The van der Waals surface area contributed by atoms with E-state index in [2.05, 4.69) is 0 Å². The molecule has 20 heavy (non-hydrogen) atoms. The van der Waals surface area contributed by atoms with E-state index >= 15 is 0 Å². The second-order valence-electron chi connectivity index (χ2n) is 4.14. The van der Waals surface area contributed by atoms with Gasteiger partial charge in [0.25, 0.3) is 0 Å². The Labute approximate surface area is 111 Å². The summed E-state index contributed by atoms with van der Waals surface area (Å²) >= 11 is 0. The molecule has 6 heteroatoms. The molecule has 0 aliphatic rings. The Kier molecular flexibility index (Phi) is 3.48. The first kappa shape index (κ1) is 14.0. The van der Waals surface area contributed by atoms with Crippen LogP contribution in [0, 0.1) is 5.82 Å². The molecular weight excluding hydrogens is 274 g/mol. The highest BCUT2D eigenvalue weighted by atomic mass is 19.4. The van der Waals surface area contributed by atoms with Crippen molar-refractivity contribution in [3.8, 4) is 11.1 Å². The number of nitrogens with two attached hydrogens (primary N) is 1. The Balaban J connectivity index is 2.65. The van der Waals surface area contributed by atoms with Gasteiger partial charge in [-0.2, -0.15) is 13.2 Å². The van der Waals surface area contributed by atoms with Crippen LogP contribution in [0.15, 0.2) is 42.5 Å². The predicted octanol–water partition coefficient (Wildman–Crippen LogP) is 3.61. The Morgan fingerprint density at radius 1 is 1.05 bits per heavy atom. The number of hydrogen-bond acceptors (Lipinski definition) is 1. The van der Waals surface area contributed by atoms with Crippen LogP contribution in [-0.4, -0.2) is 5.91 Å². The highest BCUT2D eigenvalue weighted by Gasteiger charge is 2.31. The molecule has 104 valence electrons. The molecule has 1 amide bonds. The van der Waals surface area contributed by atoms with Gasteiger partial charge in [0, 0.05) is 5.56 Å². The normalized spacial score (nSPS) is 11.4. The Bertz CT molecular complexity index is 664. The molecule has 0 unspecified atom stereocenters. The van der Waals surface area contributed by atoms with Crippen LogP contribution < -0.4 is 5.73 Å². The molecule has 0 aliphatic heterocycles. The molecule has 2 aromatic carbocycles. The lowest BCUT2D eigenvalue weighted by Gasteiger charge is -2.11. The van der Waals surface area contributed by atoms with Crippen LogP contribution in [0.3, 0.4) is 0 Å². The van der Waals surface area contributed by atoms with Gasteiger partial charge < -0.3 is 5.73 Å². The molecule has 2 N–H and O–H groups in total. The zero-order valence-electron chi connectivity index (χ0n) is 10.0. The molecule has 0 radical (unpaired) electrons. The highest BCUT2D eigenvalue weighted by Crippen LogP contribution is 2.34. The zero-order valence-corrected chi connectivity index (χ0v) is 10.0. The first-order chi connectivity index (χ1) is 9.29. The topological polar surface area (TPSA) is 43.1 Å². The van der Waals surface area contributed by atoms with E-state index in [9.17, 15) is 22.4 Å². The van der Waals surface area contributed by atoms with E-state index in [1.165, 1.54) is 24.3 Å². The quantitative estimate of drug-likeness (QED) is 0.841. The standard InChI is InChI=1S/C14H9F4NO/c15-10-6-8(5-9(7-10)14(16,17)18)11-3-1-2-4-12(11)13(19)20/h1-7H,(H2,19,20). The van der Waals surface area contributed by atoms with Crippen molar-refractivity contribution >= 4 is 5.91 Å². The van der Waals surface area contributed by atoms with Crippen LogP contribution in [0.1, 0.15) is 15.9 Å². The van der Waals surface area contributed by atoms with Crippen LogP contribution in [0.2, 0.25) is 0 Å². The third-order valence-corrected chi connectivity index (χ3v) is 2.73. The van der Waals surface area contributed by atoms with Gasteiger partial charge in [-0.25, -0.2) is 4.39 Å². The van der Waals surface area contributed by atoms with Crippen molar-refractivity contribution in [3.63, 3.8) is 0 Å². The zero-order chi connectivity index (χ0) is 14.9. The second-order valence-corrected chi connectivity index (χ2v) is 4.14. The van der Waals surface area contributed by atoms with Gasteiger partial charge in [0.05, 0.1) is 5.56 Å². The molecule has 2 rings (SSSR count). The van der Waals surface area contributed by atoms with Crippen molar-refractivity contribution in [1.82, 2.24) is 0 Å². The van der Waals surface area contributed by atoms with Crippen LogP contribution in [-0.2, 0) is 6.18 Å². The number of alkyl halides is 3. The lowest BCUT2D eigenvalue weighted by molar-refractivity contribution is -0.137. The van der Waals surface area contributed by atoms with Crippen LogP contribution >= 0.6 is 0 Å². The Hall–Kier alpha value is -2.37. The number of carbonyl (C=O) groups excluding carboxylic acids is 1. The van der Waals surface area contributed by atoms with Gasteiger partial charge in [-0.1, -0.05) is 18.2 Å². The maximum absolute atomic E-state index is 13.4. The number of carbonyl (C=O) groups is 1. The summed E-state index contributed by atoms with van der Waals surface area (Å²) in [6, 6.07) is 7.94. The van der Waals surface area contributed by atoms with E-state index in [1.54, 1.807) is 0 Å². The predicted molar refractivity (Wildman–Crippen MR) is 65.4 cm³/mol. The van der Waals surface area contributed by atoms with Crippen molar-refractivity contribution < 1.29 is 22.4 Å². The van der Waals surface area contributed by atoms with E-state index in [-0.39, 0.29) is 16.7 Å². The summed E-state index contributed by atoms with van der Waals surface area (Å²) in [5.74, 6) is -1.83. The number of benzene rings is 2. The molecule has 0 spiro atoms. The molecule has 0 saturated carbocycles. The molecule has 0 bridgehead atoms. The highest BCUT2D eigenvalue weighted by molar-refractivity contribution is 5.99. The SMILES string of the molecule is NC(=O)c1ccccc1-c1cc(F)cc(C(F)(F)F)c1. The van der Waals surface area contributed by atoms with Gasteiger partial charge >= 0.3 is 6.18 Å². The molecule has 0 fully saturated rings. The lowest BCUT2D eigenvalue weighted by Crippen LogP contribution is -2.12. The lowest BCUT2D eigenvalue weighted by atomic mass is 9.97. The van der Waals surface area contributed by atoms with Crippen LogP contribution in [0.4, 0.5) is 17.6 Å². The van der Waals surface area contributed by atoms with E-state index in [4.69, 9.17) is 5.73 Å². The number of rotatable bonds is 2. The smallest absolute Gasteiger partial charge is 0.366 e. The van der Waals surface area contributed by atoms with Gasteiger partial charge in [-0.15, -0.1) is 0 Å². The first-order valence-electron chi connectivity index (χ1n) is 5.56. The van der Waals surface area contributed by atoms with E-state index in [1.807, 2.05) is 0 Å². The van der Waals surface area contributed by atoms with Gasteiger partial charge in [0.1, 0.15) is 5.82 Å². The number of amides is 1. The summed E-state index contributed by atoms with van der Waals surface area (Å²) < 4.78 is 51.4. The minimum Gasteiger partial charge on any atom is -0.366 e. The van der Waals surface area contributed by atoms with Crippen molar-refractivity contribution in [2.45, 2.75) is 6.18 Å². The number of halogens is 4. The summed E-state index contributed by atoms with van der Waals surface area (Å²) in [7, 11) is 0. The fourth-order valence-electron chi connectivity index (χ4n) is 1.86. The van der Waals surface area contributed by atoms with Crippen LogP contribution in [0.5, 0.6) is 0 Å². The molecule has 0 aliphatic carbocycles. The minimum atomic E-state index is -4.67. The summed E-state index contributed by atoms with van der Waals surface area (Å²) in [6.45, 7) is 0. The summed E-state index contributed by atoms with van der Waals surface area (Å²) in [4.78, 5) is 11.3. The summed E-state index contributed by atoms with van der Waals surface area (Å²) in [5.41, 5.74) is 4.18. The van der Waals surface area contributed by atoms with Gasteiger partial charge in [0.2, 0.25) is 5.91 Å². The molecule has 0 atom stereocenters. The average molecular weight is 283 g/mol. The molecular formula is C14H9F4NO. The summed E-state index contributed by atoms with van der Waals surface area (Å²) in [5, 5.41) is 0. The maximum Gasteiger partial charge on any atom is 0.416 e. The Morgan fingerprint density at radius 2 is 1.70 bits per heavy atom. The van der Waals surface area contributed by atoms with Crippen molar-refractivity contribution in [1.29, 1.82) is 0 Å². The monoisotopic (exact) mass is 283 g/mol. The van der Waals surface area contributed by atoms with Gasteiger partial charge in [-0.3, -0.25) is 4.79 Å². The minimum absolute atomic E-state index is 0.0335. The fraction of sp³-hybridized carbons (Fsp3) is 0.0714. The van der Waals surface area contributed by atoms with E-state index in [0.717, 1.165) is 12.1 Å². The third-order valence-electron chi connectivity index (χ3n) is 2.73. The number of hydrogen-bond donors (Lipinski definition) is 1. The van der Waals surface area contributed by atoms with Crippen molar-refractivity contribution in [2.24, 2.45) is 5.73 Å². The first-order valence-corrected chi connectivity index (χ1v) is 5.56. The largest absolute Gasteiger partial charge is 0.416 e. The van der Waals surface area contributed by atoms with Crippen molar-refractivity contribution in [3.05, 3.63) is 59.4 Å². The summed E-state index contributed by atoms with van der Waals surface area (Å²) in [6.07, 6.45) is -4.67. The molecule has 2 aromatic rings. The third kappa shape index (κ3) is 2.79. The maximum atomic E-state index is 13.4. The van der Waals surface area contributed by atoms with Crippen LogP contribution in [0.25, 0.3) is 11.1 Å². The van der Waals surface area contributed by atoms with Gasteiger partial charge in [0.15, 0.2) is 0 Å². The molecule has 0 aromatic heterocycles. The molecule has 0 heterocycles. The van der Waals surface area contributed by atoms with E-state index < -0.39 is 23.5 Å². The fourth-order valence-corrected chi connectivity index (χ4v) is 1.86. The number of primary amides is 1. The van der Waals surface area contributed by atoms with Gasteiger partial charge in [-0.05, 0) is 35.4 Å². The van der Waals surface area contributed by atoms with E-state index in [0.29, 0.717) is 6.07 Å². The molecule has 2 nitrogen and oxygen atoms in total. The average Bonchev–Trinajstić information content (AvgIpc) is 2.37. The van der Waals surface area contributed by atoms with Crippen molar-refractivity contribution in [2.75, 3.05) is 0 Å².